The van der Waals surface area contributed by atoms with Crippen molar-refractivity contribution in [2.24, 2.45) is 0 Å². The van der Waals surface area contributed by atoms with Gasteiger partial charge in [0.1, 0.15) is 6.04 Å². The second-order valence-electron chi connectivity index (χ2n) is 5.71. The summed E-state index contributed by atoms with van der Waals surface area (Å²) in [7, 11) is 3.53. The van der Waals surface area contributed by atoms with Gasteiger partial charge in [0.25, 0.3) is 0 Å². The summed E-state index contributed by atoms with van der Waals surface area (Å²) in [6, 6.07) is 4.37. The van der Waals surface area contributed by atoms with Gasteiger partial charge < -0.3 is 19.8 Å². The highest BCUT2D eigenvalue weighted by atomic mass is 16.5. The van der Waals surface area contributed by atoms with Gasteiger partial charge in [-0.05, 0) is 31.2 Å². The van der Waals surface area contributed by atoms with Gasteiger partial charge in [0.2, 0.25) is 0 Å². The lowest BCUT2D eigenvalue weighted by Crippen LogP contribution is -2.53. The van der Waals surface area contributed by atoms with Gasteiger partial charge in [-0.25, -0.2) is 0 Å². The Morgan fingerprint density at radius 2 is 2.18 bits per heavy atom. The largest absolute Gasteiger partial charge is 0.504 e. The van der Waals surface area contributed by atoms with Crippen molar-refractivity contribution in [3.8, 4) is 11.5 Å². The number of hydrogen-bond acceptors (Lipinski definition) is 5. The molecule has 1 saturated heterocycles. The first-order valence-corrected chi connectivity index (χ1v) is 7.51. The lowest BCUT2D eigenvalue weighted by Gasteiger charge is -2.41. The summed E-state index contributed by atoms with van der Waals surface area (Å²) in [5.41, 5.74) is 0.626. The number of methoxy groups -OCH3 is 1. The number of nitrogens with zero attached hydrogens (tertiary/aromatic N) is 2. The first-order chi connectivity index (χ1) is 10.5. The normalized spacial score (nSPS) is 21.5. The Hall–Kier alpha value is -1.79. The van der Waals surface area contributed by atoms with Crippen LogP contribution in [0.1, 0.15) is 24.9 Å². The Morgan fingerprint density at radius 3 is 2.77 bits per heavy atom. The van der Waals surface area contributed by atoms with Crippen LogP contribution in [0.2, 0.25) is 0 Å². The van der Waals surface area contributed by atoms with Crippen LogP contribution in [0.4, 0.5) is 0 Å². The predicted octanol–water partition coefficient (Wildman–Crippen LogP) is 1.55. The smallest absolute Gasteiger partial charge is 0.325 e. The average Bonchev–Trinajstić information content (AvgIpc) is 2.50. The van der Waals surface area contributed by atoms with E-state index in [9.17, 15) is 15.0 Å². The molecule has 2 N–H and O–H groups in total. The van der Waals surface area contributed by atoms with Crippen LogP contribution in [-0.2, 0) is 4.79 Å². The molecular formula is C16H24N2O4. The number of carboxylic acids is 1. The van der Waals surface area contributed by atoms with Crippen molar-refractivity contribution >= 4 is 5.97 Å². The zero-order chi connectivity index (χ0) is 16.3. The predicted molar refractivity (Wildman–Crippen MR) is 83.3 cm³/mol. The van der Waals surface area contributed by atoms with Crippen LogP contribution in [0.15, 0.2) is 18.2 Å². The highest BCUT2D eigenvalue weighted by Crippen LogP contribution is 2.32. The highest BCUT2D eigenvalue weighted by Gasteiger charge is 2.33. The molecule has 1 aromatic rings. The van der Waals surface area contributed by atoms with Crippen LogP contribution >= 0.6 is 0 Å². The van der Waals surface area contributed by atoms with Gasteiger partial charge in [0, 0.05) is 25.7 Å². The molecule has 122 valence electrons. The maximum Gasteiger partial charge on any atom is 0.325 e. The van der Waals surface area contributed by atoms with Gasteiger partial charge >= 0.3 is 5.97 Å². The van der Waals surface area contributed by atoms with Crippen molar-refractivity contribution in [3.05, 3.63) is 23.8 Å². The molecule has 1 aliphatic rings. The third-order valence-electron chi connectivity index (χ3n) is 4.40. The lowest BCUT2D eigenvalue weighted by molar-refractivity contribution is -0.144. The van der Waals surface area contributed by atoms with E-state index in [0.717, 1.165) is 13.0 Å². The van der Waals surface area contributed by atoms with Crippen LogP contribution in [-0.4, -0.2) is 65.8 Å². The SMILES string of the molecule is CCC1CN(C(C(=O)O)c2ccc(O)c(OC)c2)CCN1C. The molecule has 0 aromatic heterocycles. The fraction of sp³-hybridized carbons (Fsp3) is 0.562. The third kappa shape index (κ3) is 3.34. The van der Waals surface area contributed by atoms with E-state index in [1.54, 1.807) is 12.1 Å². The molecule has 2 rings (SSSR count). The molecule has 0 aliphatic carbocycles. The summed E-state index contributed by atoms with van der Waals surface area (Å²) >= 11 is 0. The van der Waals surface area contributed by atoms with E-state index in [4.69, 9.17) is 4.74 Å². The molecule has 1 aromatic carbocycles. The number of phenols is 1. The fourth-order valence-electron chi connectivity index (χ4n) is 3.02. The van der Waals surface area contributed by atoms with E-state index in [2.05, 4.69) is 18.9 Å². The fourth-order valence-corrected chi connectivity index (χ4v) is 3.02. The van der Waals surface area contributed by atoms with E-state index in [1.165, 1.54) is 13.2 Å². The molecule has 1 fully saturated rings. The topological polar surface area (TPSA) is 73.2 Å². The summed E-state index contributed by atoms with van der Waals surface area (Å²) in [6.45, 7) is 4.38. The number of ether oxygens (including phenoxy) is 1. The Morgan fingerprint density at radius 1 is 1.45 bits per heavy atom. The number of hydrogen-bond donors (Lipinski definition) is 2. The Labute approximate surface area is 130 Å². The molecule has 22 heavy (non-hydrogen) atoms. The first-order valence-electron chi connectivity index (χ1n) is 7.51. The summed E-state index contributed by atoms with van der Waals surface area (Å²) in [6.07, 6.45) is 0.984. The molecule has 6 nitrogen and oxygen atoms in total. The summed E-state index contributed by atoms with van der Waals surface area (Å²) in [5.74, 6) is -0.572. The first kappa shape index (κ1) is 16.6. The maximum atomic E-state index is 11.8. The van der Waals surface area contributed by atoms with Crippen molar-refractivity contribution in [2.45, 2.75) is 25.4 Å². The van der Waals surface area contributed by atoms with Crippen LogP contribution in [0.25, 0.3) is 0 Å². The second-order valence-corrected chi connectivity index (χ2v) is 5.71. The molecule has 6 heteroatoms. The summed E-state index contributed by atoms with van der Waals surface area (Å²) in [4.78, 5) is 16.1. The van der Waals surface area contributed by atoms with Gasteiger partial charge in [-0.15, -0.1) is 0 Å². The molecule has 0 saturated carbocycles. The maximum absolute atomic E-state index is 11.8. The number of benzene rings is 1. The number of carboxylic acid groups (broad SMARTS) is 1. The van der Waals surface area contributed by atoms with Gasteiger partial charge in [-0.3, -0.25) is 9.69 Å². The minimum atomic E-state index is -0.882. The van der Waals surface area contributed by atoms with Crippen molar-refractivity contribution in [3.63, 3.8) is 0 Å². The number of aliphatic carboxylic acids is 1. The van der Waals surface area contributed by atoms with Gasteiger partial charge in [0.05, 0.1) is 7.11 Å². The average molecular weight is 308 g/mol. The molecule has 2 atom stereocenters. The third-order valence-corrected chi connectivity index (χ3v) is 4.40. The number of piperazine rings is 1. The molecule has 0 bridgehead atoms. The zero-order valence-corrected chi connectivity index (χ0v) is 13.3. The molecule has 0 amide bonds. The van der Waals surface area contributed by atoms with E-state index in [1.807, 2.05) is 4.90 Å². The van der Waals surface area contributed by atoms with Gasteiger partial charge in [0.15, 0.2) is 11.5 Å². The van der Waals surface area contributed by atoms with Crippen LogP contribution in [0, 0.1) is 0 Å². The highest BCUT2D eigenvalue weighted by molar-refractivity contribution is 5.76. The van der Waals surface area contributed by atoms with Crippen molar-refractivity contribution in [2.75, 3.05) is 33.8 Å². The van der Waals surface area contributed by atoms with E-state index in [-0.39, 0.29) is 5.75 Å². The monoisotopic (exact) mass is 308 g/mol. The Kier molecular flexibility index (Phi) is 5.26. The number of carbonyl (C=O) groups is 1. The summed E-state index contributed by atoms with van der Waals surface area (Å²) in [5, 5.41) is 19.4. The van der Waals surface area contributed by atoms with E-state index >= 15 is 0 Å². The molecule has 0 spiro atoms. The Balaban J connectivity index is 2.29. The standard InChI is InChI=1S/C16H24N2O4/c1-4-12-10-18(8-7-17(12)2)15(16(20)21)11-5-6-13(19)14(9-11)22-3/h5-6,9,12,15,19H,4,7-8,10H2,1-3H3,(H,20,21). The quantitative estimate of drug-likeness (QED) is 0.860. The number of phenolic OH excluding ortho intramolecular Hbond substituents is 1. The molecule has 1 heterocycles. The molecular weight excluding hydrogens is 284 g/mol. The van der Waals surface area contributed by atoms with E-state index in [0.29, 0.717) is 30.4 Å². The number of likely N-dealkylation sites (N-methyl/N-ethyl adjacent to an activating group) is 1. The van der Waals surface area contributed by atoms with Crippen molar-refractivity contribution in [1.29, 1.82) is 0 Å². The Bertz CT molecular complexity index is 535. The van der Waals surface area contributed by atoms with Gasteiger partial charge in [-0.1, -0.05) is 13.0 Å². The molecule has 1 aliphatic heterocycles. The number of aromatic hydroxyl groups is 1. The summed E-state index contributed by atoms with van der Waals surface area (Å²) < 4.78 is 5.09. The van der Waals surface area contributed by atoms with Crippen LogP contribution < -0.4 is 4.74 Å². The van der Waals surface area contributed by atoms with E-state index < -0.39 is 12.0 Å². The lowest BCUT2D eigenvalue weighted by atomic mass is 10.0. The van der Waals surface area contributed by atoms with Gasteiger partial charge in [-0.2, -0.15) is 0 Å². The van der Waals surface area contributed by atoms with Crippen molar-refractivity contribution in [1.82, 2.24) is 9.80 Å². The van der Waals surface area contributed by atoms with Crippen molar-refractivity contribution < 1.29 is 19.7 Å². The second kappa shape index (κ2) is 6.98. The zero-order valence-electron chi connectivity index (χ0n) is 13.3. The molecule has 2 unspecified atom stereocenters. The molecule has 0 radical (unpaired) electrons. The minimum Gasteiger partial charge on any atom is -0.504 e. The van der Waals surface area contributed by atoms with Crippen LogP contribution in [0.5, 0.6) is 11.5 Å². The van der Waals surface area contributed by atoms with Crippen LogP contribution in [0.3, 0.4) is 0 Å². The minimum absolute atomic E-state index is 0.0141. The number of rotatable bonds is 5.